The fraction of sp³-hybridized carbons (Fsp3) is 0.276. The average molecular weight is 489 g/mol. The van der Waals surface area contributed by atoms with E-state index in [1.807, 2.05) is 66.7 Å². The van der Waals surface area contributed by atoms with E-state index in [2.05, 4.69) is 0 Å². The number of hydrogen-bond donors (Lipinski definition) is 0. The molecule has 2 atom stereocenters. The van der Waals surface area contributed by atoms with E-state index in [1.54, 1.807) is 58.3 Å². The first-order chi connectivity index (χ1) is 17.2. The number of hydrogen-bond acceptors (Lipinski definition) is 5. The van der Waals surface area contributed by atoms with Gasteiger partial charge in [0.2, 0.25) is 6.54 Å². The number of nitro groups is 1. The normalized spacial score (nSPS) is 13.1. The van der Waals surface area contributed by atoms with Gasteiger partial charge < -0.3 is 9.47 Å². The molecule has 3 aromatic carbocycles. The van der Waals surface area contributed by atoms with Crippen LogP contribution in [-0.2, 0) is 4.74 Å². The molecule has 0 N–H and O–H groups in total. The number of ether oxygens (including phenoxy) is 2. The third-order valence-corrected chi connectivity index (χ3v) is 5.57. The number of rotatable bonds is 9. The van der Waals surface area contributed by atoms with Crippen LogP contribution in [-0.4, -0.2) is 30.3 Å². The molecule has 0 aliphatic rings. The van der Waals surface area contributed by atoms with E-state index in [0.717, 1.165) is 11.1 Å². The van der Waals surface area contributed by atoms with Crippen molar-refractivity contribution in [1.29, 1.82) is 0 Å². The van der Waals surface area contributed by atoms with Crippen molar-refractivity contribution in [2.24, 2.45) is 0 Å². The summed E-state index contributed by atoms with van der Waals surface area (Å²) in [6.45, 7) is 5.14. The van der Waals surface area contributed by atoms with Crippen molar-refractivity contribution in [3.8, 4) is 5.75 Å². The number of amides is 1. The zero-order valence-corrected chi connectivity index (χ0v) is 21.0. The SMILES string of the molecule is COc1ccc(N(/C=C\[C@H](c2ccccc2)C(C[N+](=O)[O-])c2ccccc2)C(=O)OC(C)(C)C)cc1. The summed E-state index contributed by atoms with van der Waals surface area (Å²) in [5.74, 6) is -0.164. The van der Waals surface area contributed by atoms with E-state index in [1.165, 1.54) is 4.90 Å². The van der Waals surface area contributed by atoms with Crippen molar-refractivity contribution < 1.29 is 19.2 Å². The van der Waals surface area contributed by atoms with Crippen LogP contribution in [0.5, 0.6) is 5.75 Å². The maximum atomic E-state index is 13.2. The van der Waals surface area contributed by atoms with Gasteiger partial charge in [0.05, 0.1) is 18.7 Å². The molecule has 3 rings (SSSR count). The summed E-state index contributed by atoms with van der Waals surface area (Å²) in [6.07, 6.45) is 2.93. The highest BCUT2D eigenvalue weighted by atomic mass is 16.6. The van der Waals surface area contributed by atoms with Gasteiger partial charge in [0.1, 0.15) is 11.4 Å². The zero-order chi connectivity index (χ0) is 26.1. The highest BCUT2D eigenvalue weighted by Crippen LogP contribution is 2.35. The minimum Gasteiger partial charge on any atom is -0.497 e. The fourth-order valence-electron chi connectivity index (χ4n) is 3.92. The number of allylic oxidation sites excluding steroid dienone is 1. The number of methoxy groups -OCH3 is 1. The van der Waals surface area contributed by atoms with Crippen molar-refractivity contribution in [2.45, 2.75) is 38.2 Å². The summed E-state index contributed by atoms with van der Waals surface area (Å²) < 4.78 is 10.9. The lowest BCUT2D eigenvalue weighted by Crippen LogP contribution is -2.33. The van der Waals surface area contributed by atoms with Gasteiger partial charge in [-0.1, -0.05) is 66.7 Å². The van der Waals surface area contributed by atoms with Gasteiger partial charge in [-0.05, 0) is 56.2 Å². The smallest absolute Gasteiger partial charge is 0.418 e. The molecule has 36 heavy (non-hydrogen) atoms. The molecule has 0 radical (unpaired) electrons. The lowest BCUT2D eigenvalue weighted by molar-refractivity contribution is -0.483. The van der Waals surface area contributed by atoms with E-state index < -0.39 is 17.6 Å². The van der Waals surface area contributed by atoms with Gasteiger partial charge in [-0.2, -0.15) is 0 Å². The van der Waals surface area contributed by atoms with Gasteiger partial charge >= 0.3 is 6.09 Å². The second kappa shape index (κ2) is 12.0. The van der Waals surface area contributed by atoms with Crippen molar-refractivity contribution in [3.05, 3.63) is 118 Å². The lowest BCUT2D eigenvalue weighted by atomic mass is 9.81. The molecule has 7 heteroatoms. The Morgan fingerprint density at radius 3 is 2.00 bits per heavy atom. The van der Waals surface area contributed by atoms with Gasteiger partial charge in [-0.3, -0.25) is 15.0 Å². The van der Waals surface area contributed by atoms with E-state index >= 15 is 0 Å². The Morgan fingerprint density at radius 1 is 0.944 bits per heavy atom. The van der Waals surface area contributed by atoms with Crippen LogP contribution in [0.1, 0.15) is 43.7 Å². The predicted octanol–water partition coefficient (Wildman–Crippen LogP) is 6.79. The molecule has 0 fully saturated rings. The van der Waals surface area contributed by atoms with Gasteiger partial charge in [-0.25, -0.2) is 4.79 Å². The summed E-state index contributed by atoms with van der Waals surface area (Å²) in [7, 11) is 1.57. The lowest BCUT2D eigenvalue weighted by Gasteiger charge is -2.27. The molecular formula is C29H32N2O5. The molecule has 0 bridgehead atoms. The quantitative estimate of drug-likeness (QED) is 0.244. The second-order valence-electron chi connectivity index (χ2n) is 9.36. The average Bonchev–Trinajstić information content (AvgIpc) is 2.85. The van der Waals surface area contributed by atoms with Gasteiger partial charge in [0, 0.05) is 17.0 Å². The number of benzene rings is 3. The third kappa shape index (κ3) is 7.43. The first kappa shape index (κ1) is 26.5. The van der Waals surface area contributed by atoms with Crippen LogP contribution in [0, 0.1) is 10.1 Å². The molecule has 0 saturated heterocycles. The Bertz CT molecular complexity index is 1160. The Balaban J connectivity index is 2.08. The van der Waals surface area contributed by atoms with Gasteiger partial charge in [0.15, 0.2) is 0 Å². The second-order valence-corrected chi connectivity index (χ2v) is 9.36. The molecule has 0 aromatic heterocycles. The van der Waals surface area contributed by atoms with Gasteiger partial charge in [0.25, 0.3) is 0 Å². The standard InChI is InChI=1S/C29H32N2O5/c1-29(2,3)36-28(32)30(24-15-17-25(35-4)18-16-24)20-19-26(22-11-7-5-8-12-22)27(21-31(33)34)23-13-9-6-10-14-23/h5-20,26-27H,21H2,1-4H3/b20-19-/t26-,27?/m1/s1. The van der Waals surface area contributed by atoms with E-state index in [4.69, 9.17) is 9.47 Å². The maximum Gasteiger partial charge on any atom is 0.418 e. The van der Waals surface area contributed by atoms with Crippen molar-refractivity contribution in [1.82, 2.24) is 0 Å². The molecular weight excluding hydrogens is 456 g/mol. The van der Waals surface area contributed by atoms with E-state index in [0.29, 0.717) is 11.4 Å². The summed E-state index contributed by atoms with van der Waals surface area (Å²) >= 11 is 0. The predicted molar refractivity (Wildman–Crippen MR) is 141 cm³/mol. The summed E-state index contributed by atoms with van der Waals surface area (Å²) in [5, 5.41) is 11.7. The van der Waals surface area contributed by atoms with Crippen LogP contribution >= 0.6 is 0 Å². The van der Waals surface area contributed by atoms with Crippen LogP contribution in [0.4, 0.5) is 10.5 Å². The molecule has 0 spiro atoms. The van der Waals surface area contributed by atoms with Crippen LogP contribution in [0.25, 0.3) is 0 Å². The Hall–Kier alpha value is -4.13. The zero-order valence-electron chi connectivity index (χ0n) is 21.0. The Labute approximate surface area is 212 Å². The topological polar surface area (TPSA) is 81.9 Å². The highest BCUT2D eigenvalue weighted by molar-refractivity contribution is 5.90. The minimum absolute atomic E-state index is 0.261. The number of carbonyl (C=O) groups is 1. The largest absolute Gasteiger partial charge is 0.497 e. The van der Waals surface area contributed by atoms with Crippen LogP contribution in [0.3, 0.4) is 0 Å². The molecule has 1 amide bonds. The maximum absolute atomic E-state index is 13.2. The summed E-state index contributed by atoms with van der Waals surface area (Å²) in [5.41, 5.74) is 1.63. The van der Waals surface area contributed by atoms with E-state index in [9.17, 15) is 14.9 Å². The summed E-state index contributed by atoms with van der Waals surface area (Å²) in [4.78, 5) is 26.0. The number of nitrogens with zero attached hydrogens (tertiary/aromatic N) is 2. The van der Waals surface area contributed by atoms with Crippen molar-refractivity contribution >= 4 is 11.8 Å². The number of carbonyl (C=O) groups excluding carboxylic acids is 1. The van der Waals surface area contributed by atoms with Crippen molar-refractivity contribution in [2.75, 3.05) is 18.6 Å². The Morgan fingerprint density at radius 2 is 1.50 bits per heavy atom. The molecule has 0 aliphatic heterocycles. The van der Waals surface area contributed by atoms with Crippen LogP contribution in [0.2, 0.25) is 0 Å². The molecule has 7 nitrogen and oxygen atoms in total. The molecule has 0 heterocycles. The van der Waals surface area contributed by atoms with Crippen LogP contribution in [0.15, 0.2) is 97.2 Å². The fourth-order valence-corrected chi connectivity index (χ4v) is 3.92. The molecule has 1 unspecified atom stereocenters. The molecule has 3 aromatic rings. The molecule has 0 aliphatic carbocycles. The van der Waals surface area contributed by atoms with Crippen molar-refractivity contribution in [3.63, 3.8) is 0 Å². The minimum atomic E-state index is -0.702. The van der Waals surface area contributed by atoms with Gasteiger partial charge in [-0.15, -0.1) is 0 Å². The summed E-state index contributed by atoms with van der Waals surface area (Å²) in [6, 6.07) is 26.0. The monoisotopic (exact) mass is 488 g/mol. The number of anilines is 1. The van der Waals surface area contributed by atoms with E-state index in [-0.39, 0.29) is 17.4 Å². The molecule has 188 valence electrons. The highest BCUT2D eigenvalue weighted by Gasteiger charge is 2.29. The third-order valence-electron chi connectivity index (χ3n) is 5.57. The Kier molecular flexibility index (Phi) is 8.84. The van der Waals surface area contributed by atoms with Crippen LogP contribution < -0.4 is 9.64 Å². The first-order valence-electron chi connectivity index (χ1n) is 11.7. The first-order valence-corrected chi connectivity index (χ1v) is 11.7. The molecule has 0 saturated carbocycles.